The van der Waals surface area contributed by atoms with Crippen molar-refractivity contribution in [1.29, 1.82) is 0 Å². The Balaban J connectivity index is 1.49. The molecule has 0 saturated heterocycles. The number of thioether (sulfide) groups is 1. The molecule has 0 radical (unpaired) electrons. The van der Waals surface area contributed by atoms with Crippen LogP contribution in [0.25, 0.3) is 11.3 Å². The van der Waals surface area contributed by atoms with Crippen molar-refractivity contribution in [2.75, 3.05) is 5.32 Å². The third kappa shape index (κ3) is 3.20. The molecule has 28 heavy (non-hydrogen) atoms. The molecule has 0 atom stereocenters. The summed E-state index contributed by atoms with van der Waals surface area (Å²) >= 11 is 1.35. The van der Waals surface area contributed by atoms with E-state index in [1.165, 1.54) is 17.8 Å². The largest absolute Gasteiger partial charge is 0.449 e. The Morgan fingerprint density at radius 1 is 1.04 bits per heavy atom. The van der Waals surface area contributed by atoms with Crippen molar-refractivity contribution in [2.24, 2.45) is 0 Å². The van der Waals surface area contributed by atoms with Crippen LogP contribution in [0.3, 0.4) is 0 Å². The van der Waals surface area contributed by atoms with Gasteiger partial charge in [-0.05, 0) is 30.5 Å². The Labute approximate surface area is 166 Å². The molecule has 3 aromatic rings. The average molecular weight is 394 g/mol. The minimum absolute atomic E-state index is 0.225. The van der Waals surface area contributed by atoms with Gasteiger partial charge in [0.05, 0.1) is 0 Å². The summed E-state index contributed by atoms with van der Waals surface area (Å²) in [4.78, 5) is 4.64. The quantitative estimate of drug-likeness (QED) is 0.628. The fourth-order valence-corrected chi connectivity index (χ4v) is 4.55. The monoisotopic (exact) mass is 394 g/mol. The second-order valence-corrected chi connectivity index (χ2v) is 8.04. The SMILES string of the molecule is Fc1ccccc1CSc1nnc2c(n1)OC1(CCCC1)Nc1ccccc1-2. The minimum atomic E-state index is -0.454. The lowest BCUT2D eigenvalue weighted by molar-refractivity contribution is 0.101. The molecule has 7 heteroatoms. The van der Waals surface area contributed by atoms with Crippen LogP contribution in [0.1, 0.15) is 31.2 Å². The first kappa shape index (κ1) is 17.4. The Morgan fingerprint density at radius 2 is 1.82 bits per heavy atom. The summed E-state index contributed by atoms with van der Waals surface area (Å²) < 4.78 is 20.3. The van der Waals surface area contributed by atoms with Gasteiger partial charge in [0.25, 0.3) is 0 Å². The molecule has 1 saturated carbocycles. The summed E-state index contributed by atoms with van der Waals surface area (Å²) in [5.74, 6) is 0.704. The second kappa shape index (κ2) is 7.05. The predicted octanol–water partition coefficient (Wildman–Crippen LogP) is 5.04. The number of ether oxygens (including phenoxy) is 1. The summed E-state index contributed by atoms with van der Waals surface area (Å²) in [6.45, 7) is 0. The Kier molecular flexibility index (Phi) is 4.39. The second-order valence-electron chi connectivity index (χ2n) is 7.10. The molecule has 1 spiro atoms. The normalized spacial score (nSPS) is 16.6. The summed E-state index contributed by atoms with van der Waals surface area (Å²) in [6, 6.07) is 14.7. The maximum atomic E-state index is 13.9. The molecule has 1 fully saturated rings. The molecule has 142 valence electrons. The van der Waals surface area contributed by atoms with Crippen LogP contribution in [-0.4, -0.2) is 20.9 Å². The number of aromatic nitrogens is 3. The number of nitrogens with zero attached hydrogens (tertiary/aromatic N) is 3. The summed E-state index contributed by atoms with van der Waals surface area (Å²) in [6.07, 6.45) is 4.06. The van der Waals surface area contributed by atoms with E-state index in [0.717, 1.165) is 36.9 Å². The van der Waals surface area contributed by atoms with Crippen molar-refractivity contribution in [3.05, 3.63) is 59.9 Å². The number of para-hydroxylation sites is 1. The lowest BCUT2D eigenvalue weighted by Gasteiger charge is -2.30. The molecular formula is C21H19FN4OS. The molecule has 0 unspecified atom stereocenters. The van der Waals surface area contributed by atoms with E-state index in [0.29, 0.717) is 28.0 Å². The van der Waals surface area contributed by atoms with Gasteiger partial charge in [0.1, 0.15) is 5.82 Å². The number of anilines is 1. The third-order valence-corrected chi connectivity index (χ3v) is 6.08. The lowest BCUT2D eigenvalue weighted by atomic mass is 10.1. The summed E-state index contributed by atoms with van der Waals surface area (Å²) in [5.41, 5.74) is 2.73. The van der Waals surface area contributed by atoms with Gasteiger partial charge in [-0.2, -0.15) is 4.98 Å². The summed E-state index contributed by atoms with van der Waals surface area (Å²) in [5, 5.41) is 12.7. The molecule has 0 amide bonds. The Bertz CT molecular complexity index is 1020. The number of benzene rings is 2. The Hall–Kier alpha value is -2.67. The van der Waals surface area contributed by atoms with Crippen LogP contribution in [0.2, 0.25) is 0 Å². The van der Waals surface area contributed by atoms with E-state index in [9.17, 15) is 4.39 Å². The van der Waals surface area contributed by atoms with E-state index in [4.69, 9.17) is 4.74 Å². The maximum absolute atomic E-state index is 13.9. The molecule has 2 aliphatic rings. The van der Waals surface area contributed by atoms with Crippen LogP contribution in [0.15, 0.2) is 53.7 Å². The first-order valence-electron chi connectivity index (χ1n) is 9.40. The minimum Gasteiger partial charge on any atom is -0.449 e. The number of halogens is 1. The molecule has 1 aliphatic carbocycles. The van der Waals surface area contributed by atoms with Crippen molar-refractivity contribution < 1.29 is 9.13 Å². The molecule has 1 N–H and O–H groups in total. The molecule has 5 rings (SSSR count). The molecule has 5 nitrogen and oxygen atoms in total. The third-order valence-electron chi connectivity index (χ3n) is 5.20. The van der Waals surface area contributed by atoms with Crippen molar-refractivity contribution in [2.45, 2.75) is 42.3 Å². The number of rotatable bonds is 3. The zero-order chi connectivity index (χ0) is 19.0. The first-order valence-corrected chi connectivity index (χ1v) is 10.4. The van der Waals surface area contributed by atoms with Gasteiger partial charge in [0, 0.05) is 29.8 Å². The van der Waals surface area contributed by atoms with Crippen LogP contribution < -0.4 is 10.1 Å². The standard InChI is InChI=1S/C21H19FN4OS/c22-16-9-3-1-7-14(16)13-28-20-23-19-18(25-26-20)15-8-2-4-10-17(15)24-21(27-19)11-5-6-12-21/h1-4,7-10,24H,5-6,11-13H2. The van der Waals surface area contributed by atoms with Crippen LogP contribution >= 0.6 is 11.8 Å². The first-order chi connectivity index (χ1) is 13.7. The fraction of sp³-hybridized carbons (Fsp3) is 0.286. The van der Waals surface area contributed by atoms with Crippen molar-refractivity contribution in [1.82, 2.24) is 15.2 Å². The number of hydrogen-bond acceptors (Lipinski definition) is 6. The van der Waals surface area contributed by atoms with Gasteiger partial charge in [0.15, 0.2) is 11.4 Å². The Morgan fingerprint density at radius 3 is 2.68 bits per heavy atom. The van der Waals surface area contributed by atoms with Crippen LogP contribution in [0.4, 0.5) is 10.1 Å². The van der Waals surface area contributed by atoms with Gasteiger partial charge in [0.2, 0.25) is 11.0 Å². The zero-order valence-corrected chi connectivity index (χ0v) is 16.0. The highest BCUT2D eigenvalue weighted by molar-refractivity contribution is 7.98. The predicted molar refractivity (Wildman–Crippen MR) is 107 cm³/mol. The molecule has 1 aliphatic heterocycles. The van der Waals surface area contributed by atoms with Crippen molar-refractivity contribution >= 4 is 17.4 Å². The van der Waals surface area contributed by atoms with Crippen LogP contribution in [-0.2, 0) is 5.75 Å². The van der Waals surface area contributed by atoms with Gasteiger partial charge in [-0.3, -0.25) is 0 Å². The molecule has 1 aromatic heterocycles. The lowest BCUT2D eigenvalue weighted by Crippen LogP contribution is -2.41. The number of fused-ring (bicyclic) bond motifs is 3. The highest BCUT2D eigenvalue weighted by Gasteiger charge is 2.40. The molecular weight excluding hydrogens is 375 g/mol. The van der Waals surface area contributed by atoms with Gasteiger partial charge in [-0.25, -0.2) is 4.39 Å². The van der Waals surface area contributed by atoms with Gasteiger partial charge in [-0.1, -0.05) is 48.2 Å². The van der Waals surface area contributed by atoms with Gasteiger partial charge < -0.3 is 10.1 Å². The number of nitrogens with one attached hydrogen (secondary N) is 1. The van der Waals surface area contributed by atoms with E-state index in [1.54, 1.807) is 12.1 Å². The highest BCUT2D eigenvalue weighted by atomic mass is 32.2. The van der Waals surface area contributed by atoms with Crippen LogP contribution in [0.5, 0.6) is 5.88 Å². The van der Waals surface area contributed by atoms with Gasteiger partial charge >= 0.3 is 0 Å². The fourth-order valence-electron chi connectivity index (χ4n) is 3.78. The average Bonchev–Trinajstić information content (AvgIpc) is 3.10. The van der Waals surface area contributed by atoms with Crippen molar-refractivity contribution in [3.63, 3.8) is 0 Å². The highest BCUT2D eigenvalue weighted by Crippen LogP contribution is 2.43. The smallest absolute Gasteiger partial charge is 0.247 e. The van der Waals surface area contributed by atoms with E-state index >= 15 is 0 Å². The van der Waals surface area contributed by atoms with Crippen molar-refractivity contribution in [3.8, 4) is 17.1 Å². The molecule has 2 aromatic carbocycles. The molecule has 2 heterocycles. The topological polar surface area (TPSA) is 59.9 Å². The van der Waals surface area contributed by atoms with E-state index in [-0.39, 0.29) is 5.82 Å². The maximum Gasteiger partial charge on any atom is 0.247 e. The van der Waals surface area contributed by atoms with Gasteiger partial charge in [-0.15, -0.1) is 10.2 Å². The van der Waals surface area contributed by atoms with E-state index in [1.807, 2.05) is 30.3 Å². The summed E-state index contributed by atoms with van der Waals surface area (Å²) in [7, 11) is 0. The zero-order valence-electron chi connectivity index (χ0n) is 15.2. The molecule has 0 bridgehead atoms. The van der Waals surface area contributed by atoms with E-state index in [2.05, 4.69) is 20.5 Å². The van der Waals surface area contributed by atoms with E-state index < -0.39 is 5.72 Å². The van der Waals surface area contributed by atoms with Crippen LogP contribution in [0, 0.1) is 5.82 Å². The number of hydrogen-bond donors (Lipinski definition) is 1.